The Morgan fingerprint density at radius 3 is 2.23 bits per heavy atom. The summed E-state index contributed by atoms with van der Waals surface area (Å²) in [5, 5.41) is 19.4. The summed E-state index contributed by atoms with van der Waals surface area (Å²) in [6, 6.07) is 18.4. The van der Waals surface area contributed by atoms with E-state index in [1.807, 2.05) is 69.8 Å². The van der Waals surface area contributed by atoms with Gasteiger partial charge in [-0.3, -0.25) is 0 Å². The summed E-state index contributed by atoms with van der Waals surface area (Å²) in [4.78, 5) is 12.8. The van der Waals surface area contributed by atoms with Crippen molar-refractivity contribution in [3.8, 4) is 5.69 Å². The zero-order valence-electron chi connectivity index (χ0n) is 20.7. The quantitative estimate of drug-likeness (QED) is 0.273. The molecule has 1 heterocycles. The highest BCUT2D eigenvalue weighted by Crippen LogP contribution is 2.31. The van der Waals surface area contributed by atoms with E-state index in [0.717, 1.165) is 32.9 Å². The van der Waals surface area contributed by atoms with Crippen molar-refractivity contribution in [3.63, 3.8) is 0 Å². The monoisotopic (exact) mass is 489 g/mol. The molecule has 8 heteroatoms. The van der Waals surface area contributed by atoms with Gasteiger partial charge in [0.15, 0.2) is 0 Å². The third kappa shape index (κ3) is 5.77. The minimum atomic E-state index is -0.578. The zero-order chi connectivity index (χ0) is 25.2. The topological polar surface area (TPSA) is 81.1 Å². The number of alkyl carbamates (subject to hydrolysis) is 1. The first-order valence-electron chi connectivity index (χ1n) is 11.7. The predicted octanol–water partition coefficient (Wildman–Crippen LogP) is 5.54. The molecule has 0 unspecified atom stereocenters. The number of fused-ring (bicyclic) bond motifs is 2. The molecule has 0 aliphatic rings. The van der Waals surface area contributed by atoms with E-state index in [-0.39, 0.29) is 12.0 Å². The van der Waals surface area contributed by atoms with E-state index in [0.29, 0.717) is 11.5 Å². The van der Waals surface area contributed by atoms with Crippen molar-refractivity contribution in [3.05, 3.63) is 66.5 Å². The van der Waals surface area contributed by atoms with Crippen LogP contribution in [0, 0.1) is 5.92 Å². The van der Waals surface area contributed by atoms with Crippen LogP contribution >= 0.6 is 12.2 Å². The number of benzene rings is 3. The zero-order valence-corrected chi connectivity index (χ0v) is 21.5. The predicted molar refractivity (Wildman–Crippen MR) is 144 cm³/mol. The largest absolute Gasteiger partial charge is 0.444 e. The van der Waals surface area contributed by atoms with Gasteiger partial charge in [0.05, 0.1) is 29.5 Å². The van der Waals surface area contributed by atoms with Crippen LogP contribution in [-0.4, -0.2) is 37.7 Å². The first kappa shape index (κ1) is 24.6. The molecule has 1 atom stereocenters. The Balaban J connectivity index is 1.53. The molecule has 3 aromatic carbocycles. The molecule has 1 aromatic heterocycles. The van der Waals surface area contributed by atoms with Gasteiger partial charge >= 0.3 is 6.09 Å². The lowest BCUT2D eigenvalue weighted by Gasteiger charge is -2.26. The lowest BCUT2D eigenvalue weighted by Crippen LogP contribution is -2.49. The second-order valence-electron chi connectivity index (χ2n) is 9.91. The van der Waals surface area contributed by atoms with E-state index in [9.17, 15) is 4.79 Å². The molecule has 4 rings (SSSR count). The van der Waals surface area contributed by atoms with Crippen molar-refractivity contribution in [2.75, 3.05) is 0 Å². The summed E-state index contributed by atoms with van der Waals surface area (Å²) >= 11 is 5.60. The normalized spacial score (nSPS) is 12.6. The number of rotatable bonds is 6. The number of ether oxygens (including phenoxy) is 1. The second-order valence-corrected chi connectivity index (χ2v) is 10.3. The summed E-state index contributed by atoms with van der Waals surface area (Å²) in [7, 11) is 0. The fourth-order valence-electron chi connectivity index (χ4n) is 3.98. The summed E-state index contributed by atoms with van der Waals surface area (Å²) in [5.41, 5.74) is 1.15. The van der Waals surface area contributed by atoms with Crippen molar-refractivity contribution in [2.24, 2.45) is 5.92 Å². The molecule has 0 aliphatic carbocycles. The molecule has 2 N–H and O–H groups in total. The Bertz CT molecular complexity index is 1320. The first-order valence-corrected chi connectivity index (χ1v) is 12.1. The van der Waals surface area contributed by atoms with Gasteiger partial charge in [-0.1, -0.05) is 79.8 Å². The number of amides is 1. The van der Waals surface area contributed by atoms with Gasteiger partial charge in [-0.05, 0) is 43.5 Å². The number of carbonyl (C=O) groups is 1. The molecule has 7 nitrogen and oxygen atoms in total. The Kier molecular flexibility index (Phi) is 7.03. The minimum Gasteiger partial charge on any atom is -0.444 e. The molecule has 1 amide bonds. The van der Waals surface area contributed by atoms with Crippen LogP contribution in [0.25, 0.3) is 27.2 Å². The number of aromatic nitrogens is 3. The summed E-state index contributed by atoms with van der Waals surface area (Å²) in [6.07, 6.45) is 1.42. The second kappa shape index (κ2) is 10.00. The summed E-state index contributed by atoms with van der Waals surface area (Å²) in [5.74, 6) is 0.0836. The van der Waals surface area contributed by atoms with E-state index >= 15 is 0 Å². The van der Waals surface area contributed by atoms with Crippen molar-refractivity contribution >= 4 is 44.8 Å². The molecule has 0 saturated heterocycles. The molecule has 0 aliphatic heterocycles. The van der Waals surface area contributed by atoms with Crippen LogP contribution in [0.15, 0.2) is 60.8 Å². The van der Waals surface area contributed by atoms with Gasteiger partial charge in [-0.2, -0.15) is 0 Å². The fraction of sp³-hybridized carbons (Fsp3) is 0.333. The van der Waals surface area contributed by atoms with Crippen LogP contribution in [0.5, 0.6) is 0 Å². The van der Waals surface area contributed by atoms with Gasteiger partial charge in [0.25, 0.3) is 0 Å². The lowest BCUT2D eigenvalue weighted by atomic mass is 10.0. The van der Waals surface area contributed by atoms with Crippen LogP contribution in [0.3, 0.4) is 0 Å². The highest BCUT2D eigenvalue weighted by Gasteiger charge is 2.24. The van der Waals surface area contributed by atoms with Gasteiger partial charge in [0.1, 0.15) is 11.3 Å². The Hall–Kier alpha value is -3.52. The highest BCUT2D eigenvalue weighted by molar-refractivity contribution is 7.80. The molecular weight excluding hydrogens is 458 g/mol. The van der Waals surface area contributed by atoms with E-state index in [2.05, 4.69) is 51.3 Å². The molecule has 0 fully saturated rings. The van der Waals surface area contributed by atoms with Gasteiger partial charge in [-0.25, -0.2) is 9.48 Å². The SMILES string of the molecule is CC(C)[C@H](NC(=O)OC(C)(C)C)C(=S)NCc1cn(-c2c3ccccc3cc3ccccc23)nn1. The third-order valence-corrected chi connectivity index (χ3v) is 5.98. The molecule has 0 bridgehead atoms. The van der Waals surface area contributed by atoms with Crippen molar-refractivity contribution in [2.45, 2.75) is 52.8 Å². The molecular formula is C27H31N5O2S. The average molecular weight is 490 g/mol. The van der Waals surface area contributed by atoms with Crippen molar-refractivity contribution < 1.29 is 9.53 Å². The number of hydrogen-bond acceptors (Lipinski definition) is 5. The van der Waals surface area contributed by atoms with Gasteiger partial charge in [0, 0.05) is 10.8 Å². The molecule has 4 aromatic rings. The van der Waals surface area contributed by atoms with Crippen molar-refractivity contribution in [1.82, 2.24) is 25.6 Å². The van der Waals surface area contributed by atoms with E-state index in [1.165, 1.54) is 0 Å². The Morgan fingerprint density at radius 2 is 1.66 bits per heavy atom. The Labute approximate surface area is 210 Å². The molecule has 35 heavy (non-hydrogen) atoms. The standard InChI is InChI=1S/C27H31N5O2S/c1-17(2)23(29-26(33)34-27(3,4)5)25(35)28-15-20-16-32(31-30-20)24-21-12-8-6-10-18(21)14-19-11-7-9-13-22(19)24/h6-14,16-17,23H,15H2,1-5H3,(H,28,35)(H,29,33)/t23-/m0/s1. The van der Waals surface area contributed by atoms with Gasteiger partial charge < -0.3 is 15.4 Å². The number of thiocarbonyl (C=S) groups is 1. The summed E-state index contributed by atoms with van der Waals surface area (Å²) in [6.45, 7) is 9.87. The van der Waals surface area contributed by atoms with Crippen LogP contribution < -0.4 is 10.6 Å². The molecule has 0 saturated carbocycles. The molecule has 0 spiro atoms. The van der Waals surface area contributed by atoms with Crippen LogP contribution in [0.4, 0.5) is 4.79 Å². The Morgan fingerprint density at radius 1 is 1.06 bits per heavy atom. The molecule has 182 valence electrons. The fourth-order valence-corrected chi connectivity index (χ4v) is 4.39. The van der Waals surface area contributed by atoms with E-state index < -0.39 is 11.7 Å². The smallest absolute Gasteiger partial charge is 0.408 e. The lowest BCUT2D eigenvalue weighted by molar-refractivity contribution is 0.0508. The van der Waals surface area contributed by atoms with Gasteiger partial charge in [0.2, 0.25) is 0 Å². The highest BCUT2D eigenvalue weighted by atomic mass is 32.1. The number of carbonyl (C=O) groups excluding carboxylic acids is 1. The van der Waals surface area contributed by atoms with Crippen molar-refractivity contribution in [1.29, 1.82) is 0 Å². The number of nitrogens with one attached hydrogen (secondary N) is 2. The number of nitrogens with zero attached hydrogens (tertiary/aromatic N) is 3. The number of hydrogen-bond donors (Lipinski definition) is 2. The maximum absolute atomic E-state index is 12.3. The minimum absolute atomic E-state index is 0.0836. The maximum atomic E-state index is 12.3. The van der Waals surface area contributed by atoms with E-state index in [4.69, 9.17) is 17.0 Å². The van der Waals surface area contributed by atoms with Crippen LogP contribution in [0.2, 0.25) is 0 Å². The summed E-state index contributed by atoms with van der Waals surface area (Å²) < 4.78 is 7.21. The maximum Gasteiger partial charge on any atom is 0.408 e. The van der Waals surface area contributed by atoms with Crippen LogP contribution in [-0.2, 0) is 11.3 Å². The third-order valence-electron chi connectivity index (χ3n) is 5.58. The molecule has 0 radical (unpaired) electrons. The first-order chi connectivity index (χ1) is 16.6. The van der Waals surface area contributed by atoms with Crippen LogP contribution in [0.1, 0.15) is 40.3 Å². The van der Waals surface area contributed by atoms with Gasteiger partial charge in [-0.15, -0.1) is 5.10 Å². The average Bonchev–Trinajstić information content (AvgIpc) is 3.26. The van der Waals surface area contributed by atoms with E-state index in [1.54, 1.807) is 0 Å².